The highest BCUT2D eigenvalue weighted by Crippen LogP contribution is 2.78. The van der Waals surface area contributed by atoms with E-state index in [9.17, 15) is 0 Å². The van der Waals surface area contributed by atoms with E-state index in [2.05, 4.69) is 22.8 Å². The minimum Gasteiger partial charge on any atom is -0.496 e. The Hall–Kier alpha value is -9.16. The second-order valence-corrected chi connectivity index (χ2v) is 25.8. The normalized spacial score (nSPS) is 16.5. The number of benzene rings is 19. The monoisotopic (exact) mass is 919 g/mol. The molecule has 0 saturated heterocycles. The van der Waals surface area contributed by atoms with E-state index in [0.717, 1.165) is 53.8 Å². The Morgan fingerprint density at radius 1 is 0.315 bits per heavy atom. The molecule has 310 valence electrons. The number of ether oxygens (including phenoxy) is 1. The summed E-state index contributed by atoms with van der Waals surface area (Å²) in [6.07, 6.45) is 0. The van der Waals surface area contributed by atoms with Gasteiger partial charge in [0.2, 0.25) is 0 Å². The van der Waals surface area contributed by atoms with Crippen LogP contribution in [0, 0.1) is 0 Å². The molecule has 0 bridgehead atoms. The molecule has 73 heavy (non-hydrogen) atoms. The molecule has 0 radical (unpaired) electrons. The van der Waals surface area contributed by atoms with Crippen molar-refractivity contribution in [1.82, 2.24) is 4.57 Å². The van der Waals surface area contributed by atoms with Gasteiger partial charge in [-0.05, 0) is 6.07 Å². The summed E-state index contributed by atoms with van der Waals surface area (Å²) in [6.45, 7) is 0.376. The molecule has 29 aromatic carbocycles. The molecule has 5 heteroatoms. The van der Waals surface area contributed by atoms with E-state index >= 15 is 9.59 Å². The Labute approximate surface area is 399 Å². The third-order valence-corrected chi connectivity index (χ3v) is 25.0. The van der Waals surface area contributed by atoms with Crippen molar-refractivity contribution in [1.29, 1.82) is 0 Å². The average molecular weight is 920 g/mol. The fourth-order valence-electron chi connectivity index (χ4n) is 22.9. The minimum atomic E-state index is 0.0566. The zero-order valence-corrected chi connectivity index (χ0v) is 37.9. The van der Waals surface area contributed by atoms with Crippen LogP contribution in [0.1, 0.15) is 5.56 Å². The lowest BCUT2D eigenvalue weighted by Gasteiger charge is -2.23. The van der Waals surface area contributed by atoms with Crippen LogP contribution in [0.25, 0.3) is 311 Å². The summed E-state index contributed by atoms with van der Waals surface area (Å²) in [4.78, 5) is 34.3. The first kappa shape index (κ1) is 28.6. The van der Waals surface area contributed by atoms with Gasteiger partial charge in [0.1, 0.15) is 5.75 Å². The third kappa shape index (κ3) is 1.72. The second kappa shape index (κ2) is 6.88. The van der Waals surface area contributed by atoms with Gasteiger partial charge in [0.05, 0.1) is 29.3 Å². The van der Waals surface area contributed by atoms with E-state index in [-0.39, 0.29) is 11.0 Å². The highest BCUT2D eigenvalue weighted by atomic mass is 32.1. The molecule has 0 aliphatic carbocycles. The van der Waals surface area contributed by atoms with Crippen molar-refractivity contribution >= 4 is 322 Å². The zero-order chi connectivity index (χ0) is 44.3. The topological polar surface area (TPSA) is 48.3 Å². The molecule has 0 spiro atoms. The maximum absolute atomic E-state index is 17.3. The molecule has 0 aliphatic rings. The van der Waals surface area contributed by atoms with E-state index in [4.69, 9.17) is 4.74 Å². The molecular formula is C68H9NO3S. The third-order valence-electron chi connectivity index (χ3n) is 23.8. The summed E-state index contributed by atoms with van der Waals surface area (Å²) in [5.41, 5.74) is 2.28. The maximum Gasteiger partial charge on any atom is 0.259 e. The summed E-state index contributed by atoms with van der Waals surface area (Å²) in [7, 11) is 1.76. The summed E-state index contributed by atoms with van der Waals surface area (Å²) in [6, 6.07) is 8.34. The number of hydrogen-bond donors (Lipinski definition) is 0. The number of pyridine rings is 1. The largest absolute Gasteiger partial charge is 0.496 e. The van der Waals surface area contributed by atoms with Crippen molar-refractivity contribution in [2.75, 3.05) is 7.11 Å². The molecule has 2 heterocycles. The first-order chi connectivity index (χ1) is 36.2. The lowest BCUT2D eigenvalue weighted by molar-refractivity contribution is 0.408. The summed E-state index contributed by atoms with van der Waals surface area (Å²) < 4.78 is 10.7. The van der Waals surface area contributed by atoms with E-state index in [1.54, 1.807) is 17.9 Å². The molecule has 0 saturated carbocycles. The average Bonchev–Trinajstić information content (AvgIpc) is 4.03. The number of hydrogen-bond acceptors (Lipinski definition) is 4. The van der Waals surface area contributed by atoms with Gasteiger partial charge in [-0.25, -0.2) is 0 Å². The lowest BCUT2D eigenvalue weighted by atomic mass is 9.84. The predicted octanol–water partition coefficient (Wildman–Crippen LogP) is 17.9. The molecule has 31 aromatic rings. The Morgan fingerprint density at radius 2 is 0.589 bits per heavy atom. The van der Waals surface area contributed by atoms with Crippen molar-refractivity contribution in [2.24, 2.45) is 0 Å². The summed E-state index contributed by atoms with van der Waals surface area (Å²) >= 11 is 1.86. The fourth-order valence-corrected chi connectivity index (χ4v) is 24.3. The number of rotatable bonds is 3. The van der Waals surface area contributed by atoms with Crippen molar-refractivity contribution < 1.29 is 4.74 Å². The molecule has 31 rings (SSSR count). The van der Waals surface area contributed by atoms with Gasteiger partial charge in [-0.2, -0.15) is 0 Å². The molecule has 0 fully saturated rings. The molecule has 0 aliphatic heterocycles. The van der Waals surface area contributed by atoms with Crippen LogP contribution in [0.4, 0.5) is 0 Å². The van der Waals surface area contributed by atoms with Crippen LogP contribution in [0.3, 0.4) is 0 Å². The smallest absolute Gasteiger partial charge is 0.259 e. The van der Waals surface area contributed by atoms with E-state index in [0.29, 0.717) is 6.54 Å². The summed E-state index contributed by atoms with van der Waals surface area (Å²) in [5, 5.41) is 75.8. The van der Waals surface area contributed by atoms with Crippen LogP contribution in [-0.2, 0) is 6.54 Å². The van der Waals surface area contributed by atoms with Crippen molar-refractivity contribution in [3.05, 3.63) is 50.4 Å². The molecule has 4 nitrogen and oxygen atoms in total. The van der Waals surface area contributed by atoms with Crippen molar-refractivity contribution in [3.63, 3.8) is 0 Å². The number of methoxy groups -OCH3 is 1. The lowest BCUT2D eigenvalue weighted by Crippen LogP contribution is -2.22. The highest BCUT2D eigenvalue weighted by molar-refractivity contribution is 7.27. The predicted molar refractivity (Wildman–Crippen MR) is 310 cm³/mol. The van der Waals surface area contributed by atoms with E-state index in [1.807, 2.05) is 17.4 Å². The van der Waals surface area contributed by atoms with Gasteiger partial charge in [-0.15, -0.1) is 11.3 Å². The van der Waals surface area contributed by atoms with Crippen LogP contribution in [0.5, 0.6) is 5.75 Å². The van der Waals surface area contributed by atoms with Gasteiger partial charge in [-0.3, -0.25) is 9.59 Å². The van der Waals surface area contributed by atoms with Gasteiger partial charge in [-0.1, -0.05) is 18.2 Å². The van der Waals surface area contributed by atoms with Gasteiger partial charge in [0, 0.05) is 301 Å². The first-order valence-corrected chi connectivity index (χ1v) is 26.9. The molecule has 0 unspecified atom stereocenters. The van der Waals surface area contributed by atoms with Crippen LogP contribution >= 0.6 is 11.3 Å². The number of fused-ring (bicyclic) bond motifs is 5. The Morgan fingerprint density at radius 3 is 0.973 bits per heavy atom. The number of aromatic nitrogens is 1. The van der Waals surface area contributed by atoms with Crippen LogP contribution in [-0.4, -0.2) is 11.7 Å². The van der Waals surface area contributed by atoms with Crippen molar-refractivity contribution in [2.45, 2.75) is 6.54 Å². The van der Waals surface area contributed by atoms with Gasteiger partial charge < -0.3 is 9.30 Å². The van der Waals surface area contributed by atoms with Crippen molar-refractivity contribution in [3.8, 4) is 5.75 Å². The SMILES string of the molecule is COc1ccccc1Cn1c(=O)c2c3c4c5c(=O)c6c7sc8c9c%10c7c7c%11c6c5c5c6c4c4c3c3c%12c2c(c2c9c9c%13c%10c%10c7c7c%11c5c5c6c6c4c4c3c3c%12c2c9c2c3c3c4c6c4c5c7c5c%10c%13c2c3c54)c81. The molecular weight excluding hydrogens is 911 g/mol. The highest BCUT2D eigenvalue weighted by Gasteiger charge is 2.49. The second-order valence-electron chi connectivity index (χ2n) is 24.8. The fraction of sp³-hybridized carbons (Fsp3) is 0.0294. The first-order valence-electron chi connectivity index (χ1n) is 26.1. The van der Waals surface area contributed by atoms with Gasteiger partial charge >= 0.3 is 0 Å². The summed E-state index contributed by atoms with van der Waals surface area (Å²) in [5.74, 6) is 0.795. The maximum atomic E-state index is 17.3. The van der Waals surface area contributed by atoms with Crippen LogP contribution in [0.2, 0.25) is 0 Å². The molecule has 0 amide bonds. The Kier molecular flexibility index (Phi) is 2.70. The quantitative estimate of drug-likeness (QED) is 0.131. The van der Waals surface area contributed by atoms with Gasteiger partial charge in [0.25, 0.3) is 5.56 Å². The standard InChI is InChI=1S/C68H9NO3S/c1-72-8-5-3-2-4-7(8)6-69-64-58-49-40-33-23-17-11-12-10-9-13-14(11)20-26-19(13)25-21-15(9)22-16(10)27-28(18(12)23)38-44(33)53(49)61-57-47(38)37(27)43-31(22)32-30(21)42-35(25)41-36(26)45-39-29(20)24(17)34(40)46(39)56(58)62(68(69)71)54(45)50(41)59-51(42)55-48(32)52(43)60(57)66(73-67(61)64)63(55)65(59)70/h2-5H,6H2,1H3. The van der Waals surface area contributed by atoms with Crippen LogP contribution < -0.4 is 15.7 Å². The molecule has 0 atom stereocenters. The van der Waals surface area contributed by atoms with E-state index < -0.39 is 0 Å². The molecule has 0 N–H and O–H groups in total. The molecule has 2 aromatic heterocycles. The minimum absolute atomic E-state index is 0.0566. The Bertz CT molecular complexity index is 8030. The van der Waals surface area contributed by atoms with Gasteiger partial charge in [0.15, 0.2) is 5.43 Å². The number of para-hydroxylation sites is 1. The zero-order valence-electron chi connectivity index (χ0n) is 37.1. The number of nitrogens with zero attached hydrogens (tertiary/aromatic N) is 1. The van der Waals surface area contributed by atoms with E-state index in [1.165, 1.54) is 258 Å². The van der Waals surface area contributed by atoms with Crippen LogP contribution in [0.15, 0.2) is 33.9 Å². The Balaban J connectivity index is 1.20.